The van der Waals surface area contributed by atoms with Crippen LogP contribution in [0.1, 0.15) is 41.6 Å². The molecule has 3 aromatic rings. The molecule has 3 heterocycles. The number of aromatic nitrogens is 1. The number of fused-ring (bicyclic) bond motifs is 2. The molecule has 1 aromatic heterocycles. The van der Waals surface area contributed by atoms with E-state index in [1.807, 2.05) is 30.3 Å². The fraction of sp³-hybridized carbons (Fsp3) is 0.333. The summed E-state index contributed by atoms with van der Waals surface area (Å²) >= 11 is 0. The Balaban J connectivity index is 1.27. The summed E-state index contributed by atoms with van der Waals surface area (Å²) in [4.78, 5) is 15.8. The van der Waals surface area contributed by atoms with Crippen LogP contribution in [0.25, 0.3) is 11.3 Å². The molecule has 2 aromatic carbocycles. The Morgan fingerprint density at radius 3 is 2.32 bits per heavy atom. The van der Waals surface area contributed by atoms with Gasteiger partial charge in [-0.05, 0) is 31.2 Å². The third kappa shape index (κ3) is 3.29. The van der Waals surface area contributed by atoms with E-state index in [-0.39, 0.29) is 5.92 Å². The number of nitrogens with zero attached hydrogens (tertiary/aromatic N) is 2. The first-order valence-electron chi connectivity index (χ1n) is 10.1. The van der Waals surface area contributed by atoms with Gasteiger partial charge >= 0.3 is 0 Å². The highest BCUT2D eigenvalue weighted by Gasteiger charge is 2.42. The molecule has 2 saturated heterocycles. The number of Topliss-reactive ketones (excluding diaryl/α,β-unsaturated/α-hetero) is 1. The van der Waals surface area contributed by atoms with Gasteiger partial charge in [-0.2, -0.15) is 0 Å². The molecule has 0 spiro atoms. The summed E-state index contributed by atoms with van der Waals surface area (Å²) in [6, 6.07) is 21.3. The first-order valence-corrected chi connectivity index (χ1v) is 10.1. The fourth-order valence-corrected chi connectivity index (χ4v) is 4.94. The van der Waals surface area contributed by atoms with E-state index in [9.17, 15) is 4.79 Å². The molecule has 2 unspecified atom stereocenters. The van der Waals surface area contributed by atoms with E-state index in [0.29, 0.717) is 17.9 Å². The number of ketones is 1. The number of hydrogen-bond donors (Lipinski definition) is 0. The minimum absolute atomic E-state index is 0.139. The zero-order valence-corrected chi connectivity index (χ0v) is 15.8. The highest BCUT2D eigenvalue weighted by Crippen LogP contribution is 2.40. The second-order valence-corrected chi connectivity index (χ2v) is 8.03. The van der Waals surface area contributed by atoms with Gasteiger partial charge in [0.05, 0.1) is 6.20 Å². The highest BCUT2D eigenvalue weighted by molar-refractivity contribution is 5.98. The normalized spacial score (nSPS) is 24.4. The van der Waals surface area contributed by atoms with Crippen LogP contribution in [0.3, 0.4) is 0 Å². The van der Waals surface area contributed by atoms with Crippen molar-refractivity contribution in [2.45, 2.75) is 44.3 Å². The van der Waals surface area contributed by atoms with Gasteiger partial charge < -0.3 is 4.52 Å². The topological polar surface area (TPSA) is 46.3 Å². The minimum atomic E-state index is 0.139. The summed E-state index contributed by atoms with van der Waals surface area (Å²) in [7, 11) is 0. The van der Waals surface area contributed by atoms with Crippen LogP contribution in [0.15, 0.2) is 71.4 Å². The first-order chi connectivity index (χ1) is 13.8. The average Bonchev–Trinajstić information content (AvgIpc) is 3.34. The second kappa shape index (κ2) is 7.36. The van der Waals surface area contributed by atoms with Crippen LogP contribution < -0.4 is 0 Å². The van der Waals surface area contributed by atoms with Gasteiger partial charge in [0.1, 0.15) is 0 Å². The van der Waals surface area contributed by atoms with Crippen LogP contribution in [0, 0.1) is 5.92 Å². The Labute approximate surface area is 165 Å². The lowest BCUT2D eigenvalue weighted by atomic mass is 9.84. The van der Waals surface area contributed by atoms with Crippen molar-refractivity contribution in [2.24, 2.45) is 5.92 Å². The third-order valence-corrected chi connectivity index (χ3v) is 6.35. The second-order valence-electron chi connectivity index (χ2n) is 8.03. The predicted octanol–water partition coefficient (Wildman–Crippen LogP) is 4.97. The van der Waals surface area contributed by atoms with E-state index >= 15 is 0 Å². The van der Waals surface area contributed by atoms with Gasteiger partial charge in [0.2, 0.25) is 0 Å². The van der Waals surface area contributed by atoms with Crippen molar-refractivity contribution in [2.75, 3.05) is 0 Å². The van der Waals surface area contributed by atoms with E-state index in [1.54, 1.807) is 6.20 Å². The molecule has 2 bridgehead atoms. The summed E-state index contributed by atoms with van der Waals surface area (Å²) in [5.74, 6) is 1.16. The molecule has 4 nitrogen and oxygen atoms in total. The van der Waals surface area contributed by atoms with Gasteiger partial charge in [-0.1, -0.05) is 59.8 Å². The van der Waals surface area contributed by atoms with Crippen LogP contribution in [-0.2, 0) is 6.54 Å². The van der Waals surface area contributed by atoms with Crippen molar-refractivity contribution in [1.82, 2.24) is 10.1 Å². The van der Waals surface area contributed by atoms with Gasteiger partial charge in [-0.3, -0.25) is 9.69 Å². The van der Waals surface area contributed by atoms with Gasteiger partial charge in [0.15, 0.2) is 11.5 Å². The van der Waals surface area contributed by atoms with Crippen molar-refractivity contribution in [3.63, 3.8) is 0 Å². The Morgan fingerprint density at radius 1 is 0.964 bits per heavy atom. The summed E-state index contributed by atoms with van der Waals surface area (Å²) in [6.07, 6.45) is 6.02. The number of piperidine rings is 1. The molecule has 142 valence electrons. The molecule has 2 aliphatic rings. The Morgan fingerprint density at radius 2 is 1.68 bits per heavy atom. The third-order valence-electron chi connectivity index (χ3n) is 6.35. The SMILES string of the molecule is O=C(c1ccc(-c2ccno2)cc1)C1CC2CCC(C1)N2Cc1ccccc1. The van der Waals surface area contributed by atoms with E-state index in [0.717, 1.165) is 36.3 Å². The number of rotatable bonds is 5. The van der Waals surface area contributed by atoms with Crippen LogP contribution in [0.2, 0.25) is 0 Å². The van der Waals surface area contributed by atoms with Gasteiger partial charge in [0, 0.05) is 41.7 Å². The summed E-state index contributed by atoms with van der Waals surface area (Å²) < 4.78 is 5.19. The molecule has 0 saturated carbocycles. The molecule has 2 fully saturated rings. The number of hydrogen-bond acceptors (Lipinski definition) is 4. The zero-order valence-electron chi connectivity index (χ0n) is 15.8. The molecule has 2 aliphatic heterocycles. The minimum Gasteiger partial charge on any atom is -0.356 e. The molecule has 0 N–H and O–H groups in total. The van der Waals surface area contributed by atoms with Crippen molar-refractivity contribution in [3.8, 4) is 11.3 Å². The molecule has 0 aliphatic carbocycles. The van der Waals surface area contributed by atoms with Crippen molar-refractivity contribution in [1.29, 1.82) is 0 Å². The Kier molecular flexibility index (Phi) is 4.57. The van der Waals surface area contributed by atoms with Crippen molar-refractivity contribution >= 4 is 5.78 Å². The predicted molar refractivity (Wildman–Crippen MR) is 108 cm³/mol. The maximum atomic E-state index is 13.1. The molecule has 4 heteroatoms. The maximum absolute atomic E-state index is 13.1. The van der Waals surface area contributed by atoms with Crippen LogP contribution in [-0.4, -0.2) is 27.9 Å². The first kappa shape index (κ1) is 17.4. The van der Waals surface area contributed by atoms with Crippen LogP contribution >= 0.6 is 0 Å². The van der Waals surface area contributed by atoms with Gasteiger partial charge in [-0.15, -0.1) is 0 Å². The van der Waals surface area contributed by atoms with Crippen LogP contribution in [0.5, 0.6) is 0 Å². The summed E-state index contributed by atoms with van der Waals surface area (Å²) in [6.45, 7) is 1.00. The molecule has 28 heavy (non-hydrogen) atoms. The molecular formula is C24H24N2O2. The van der Waals surface area contributed by atoms with E-state index in [1.165, 1.54) is 18.4 Å². The molecule has 2 atom stereocenters. The van der Waals surface area contributed by atoms with Crippen molar-refractivity contribution in [3.05, 3.63) is 78.0 Å². The standard InChI is InChI=1S/C24H24N2O2/c27-24(19-8-6-18(7-9-19)23-12-13-25-28-23)20-14-21-10-11-22(15-20)26(21)16-17-4-2-1-3-5-17/h1-9,12-13,20-22H,10-11,14-16H2. The lowest BCUT2D eigenvalue weighted by molar-refractivity contribution is 0.0678. The quantitative estimate of drug-likeness (QED) is 0.594. The Bertz CT molecular complexity index is 921. The number of carbonyl (C=O) groups is 1. The lowest BCUT2D eigenvalue weighted by Crippen LogP contribution is -2.44. The van der Waals surface area contributed by atoms with E-state index < -0.39 is 0 Å². The van der Waals surface area contributed by atoms with E-state index in [4.69, 9.17) is 4.52 Å². The van der Waals surface area contributed by atoms with Crippen LogP contribution in [0.4, 0.5) is 0 Å². The molecule has 0 amide bonds. The lowest BCUT2D eigenvalue weighted by Gasteiger charge is -2.38. The smallest absolute Gasteiger partial charge is 0.166 e. The zero-order chi connectivity index (χ0) is 18.9. The average molecular weight is 372 g/mol. The fourth-order valence-electron chi connectivity index (χ4n) is 4.94. The number of carbonyl (C=O) groups excluding carboxylic acids is 1. The molecule has 0 radical (unpaired) electrons. The number of benzene rings is 2. The maximum Gasteiger partial charge on any atom is 0.166 e. The monoisotopic (exact) mass is 372 g/mol. The molecular weight excluding hydrogens is 348 g/mol. The van der Waals surface area contributed by atoms with Gasteiger partial charge in [0.25, 0.3) is 0 Å². The largest absolute Gasteiger partial charge is 0.356 e. The highest BCUT2D eigenvalue weighted by atomic mass is 16.5. The van der Waals surface area contributed by atoms with Crippen molar-refractivity contribution < 1.29 is 9.32 Å². The Hall–Kier alpha value is -2.72. The summed E-state index contributed by atoms with van der Waals surface area (Å²) in [5.41, 5.74) is 3.13. The molecule has 5 rings (SSSR count). The van der Waals surface area contributed by atoms with E-state index in [2.05, 4.69) is 40.4 Å². The van der Waals surface area contributed by atoms with Gasteiger partial charge in [-0.25, -0.2) is 0 Å². The summed E-state index contributed by atoms with van der Waals surface area (Å²) in [5, 5.41) is 3.74.